The molecule has 2 aromatic rings. The average molecular weight is 247 g/mol. The highest BCUT2D eigenvalue weighted by Crippen LogP contribution is 2.27. The van der Waals surface area contributed by atoms with Crippen LogP contribution >= 0.6 is 0 Å². The molecule has 0 saturated carbocycles. The number of nitrogens with one attached hydrogen (secondary N) is 1. The van der Waals surface area contributed by atoms with E-state index in [0.29, 0.717) is 0 Å². The number of hydrogen-bond acceptors (Lipinski definition) is 3. The van der Waals surface area contributed by atoms with E-state index in [1.54, 1.807) is 0 Å². The van der Waals surface area contributed by atoms with Crippen molar-refractivity contribution in [2.75, 3.05) is 7.05 Å². The zero-order valence-electron chi connectivity index (χ0n) is 11.9. The SMILES string of the molecule is CNC(c1c(C)nn(C)c1C)c1cnc(C)n1C. The van der Waals surface area contributed by atoms with E-state index in [-0.39, 0.29) is 6.04 Å². The summed E-state index contributed by atoms with van der Waals surface area (Å²) in [5.74, 6) is 1.02. The van der Waals surface area contributed by atoms with E-state index >= 15 is 0 Å². The highest BCUT2D eigenvalue weighted by Gasteiger charge is 2.23. The van der Waals surface area contributed by atoms with Gasteiger partial charge in [-0.2, -0.15) is 5.10 Å². The van der Waals surface area contributed by atoms with Crippen LogP contribution in [0.25, 0.3) is 0 Å². The van der Waals surface area contributed by atoms with Crippen LogP contribution < -0.4 is 5.32 Å². The van der Waals surface area contributed by atoms with Gasteiger partial charge in [0.25, 0.3) is 0 Å². The van der Waals surface area contributed by atoms with Crippen LogP contribution in [0.2, 0.25) is 0 Å². The highest BCUT2D eigenvalue weighted by molar-refractivity contribution is 5.34. The zero-order valence-corrected chi connectivity index (χ0v) is 11.9. The fraction of sp³-hybridized carbons (Fsp3) is 0.538. The summed E-state index contributed by atoms with van der Waals surface area (Å²) in [6, 6.07) is 0.130. The Balaban J connectivity index is 2.55. The Labute approximate surface area is 108 Å². The van der Waals surface area contributed by atoms with Crippen LogP contribution in [0, 0.1) is 20.8 Å². The summed E-state index contributed by atoms with van der Waals surface area (Å²) < 4.78 is 4.05. The molecular formula is C13H21N5. The quantitative estimate of drug-likeness (QED) is 0.891. The van der Waals surface area contributed by atoms with Crippen molar-refractivity contribution in [2.45, 2.75) is 26.8 Å². The second-order valence-electron chi connectivity index (χ2n) is 4.72. The lowest BCUT2D eigenvalue weighted by atomic mass is 10.0. The van der Waals surface area contributed by atoms with Gasteiger partial charge in [0.1, 0.15) is 5.82 Å². The fourth-order valence-electron chi connectivity index (χ4n) is 2.44. The van der Waals surface area contributed by atoms with Crippen molar-refractivity contribution in [3.63, 3.8) is 0 Å². The molecule has 1 unspecified atom stereocenters. The Morgan fingerprint density at radius 2 is 1.89 bits per heavy atom. The molecule has 0 aliphatic carbocycles. The summed E-state index contributed by atoms with van der Waals surface area (Å²) in [4.78, 5) is 4.37. The van der Waals surface area contributed by atoms with Gasteiger partial charge in [0.15, 0.2) is 0 Å². The van der Waals surface area contributed by atoms with Gasteiger partial charge in [-0.3, -0.25) is 4.68 Å². The minimum atomic E-state index is 0.130. The minimum absolute atomic E-state index is 0.130. The largest absolute Gasteiger partial charge is 0.334 e. The minimum Gasteiger partial charge on any atom is -0.334 e. The van der Waals surface area contributed by atoms with Gasteiger partial charge in [-0.1, -0.05) is 0 Å². The molecule has 0 aliphatic rings. The average Bonchev–Trinajstić information content (AvgIpc) is 2.77. The Bertz CT molecular complexity index is 564. The molecule has 0 fully saturated rings. The van der Waals surface area contributed by atoms with Crippen molar-refractivity contribution in [1.82, 2.24) is 24.6 Å². The number of imidazole rings is 1. The molecule has 5 nitrogen and oxygen atoms in total. The van der Waals surface area contributed by atoms with Crippen LogP contribution in [-0.4, -0.2) is 26.4 Å². The third-order valence-corrected chi connectivity index (χ3v) is 3.69. The van der Waals surface area contributed by atoms with E-state index in [0.717, 1.165) is 17.2 Å². The van der Waals surface area contributed by atoms with Crippen molar-refractivity contribution < 1.29 is 0 Å². The van der Waals surface area contributed by atoms with Crippen LogP contribution in [-0.2, 0) is 14.1 Å². The van der Waals surface area contributed by atoms with Crippen LogP contribution in [0.3, 0.4) is 0 Å². The predicted molar refractivity (Wildman–Crippen MR) is 71.5 cm³/mol. The van der Waals surface area contributed by atoms with Gasteiger partial charge in [-0.05, 0) is 27.8 Å². The van der Waals surface area contributed by atoms with E-state index in [9.17, 15) is 0 Å². The summed E-state index contributed by atoms with van der Waals surface area (Å²) in [5.41, 5.74) is 4.65. The molecule has 2 aromatic heterocycles. The molecule has 2 rings (SSSR count). The molecule has 5 heteroatoms. The molecule has 0 bridgehead atoms. The normalized spacial score (nSPS) is 13.0. The molecule has 0 aliphatic heterocycles. The lowest BCUT2D eigenvalue weighted by Crippen LogP contribution is -2.21. The fourth-order valence-corrected chi connectivity index (χ4v) is 2.44. The van der Waals surface area contributed by atoms with Crippen LogP contribution in [0.15, 0.2) is 6.20 Å². The molecule has 1 N–H and O–H groups in total. The lowest BCUT2D eigenvalue weighted by Gasteiger charge is -2.18. The predicted octanol–water partition coefficient (Wildman–Crippen LogP) is 1.39. The molecule has 1 atom stereocenters. The first-order chi connectivity index (χ1) is 8.47. The van der Waals surface area contributed by atoms with E-state index in [4.69, 9.17) is 0 Å². The van der Waals surface area contributed by atoms with Gasteiger partial charge in [0.05, 0.1) is 23.6 Å². The molecule has 2 heterocycles. The number of aromatic nitrogens is 4. The zero-order chi connectivity index (χ0) is 13.4. The van der Waals surface area contributed by atoms with Crippen molar-refractivity contribution in [3.05, 3.63) is 34.7 Å². The Hall–Kier alpha value is -1.62. The van der Waals surface area contributed by atoms with Crippen molar-refractivity contribution >= 4 is 0 Å². The molecule has 0 radical (unpaired) electrons. The topological polar surface area (TPSA) is 47.7 Å². The molecule has 18 heavy (non-hydrogen) atoms. The summed E-state index contributed by atoms with van der Waals surface area (Å²) in [7, 11) is 6.00. The summed E-state index contributed by atoms with van der Waals surface area (Å²) in [6.07, 6.45) is 1.93. The maximum atomic E-state index is 4.49. The van der Waals surface area contributed by atoms with Gasteiger partial charge < -0.3 is 9.88 Å². The molecular weight excluding hydrogens is 226 g/mol. The van der Waals surface area contributed by atoms with E-state index in [1.165, 1.54) is 11.3 Å². The van der Waals surface area contributed by atoms with Crippen molar-refractivity contribution in [1.29, 1.82) is 0 Å². The number of hydrogen-bond donors (Lipinski definition) is 1. The maximum Gasteiger partial charge on any atom is 0.105 e. The second kappa shape index (κ2) is 4.57. The molecule has 0 amide bonds. The monoisotopic (exact) mass is 247 g/mol. The van der Waals surface area contributed by atoms with Gasteiger partial charge in [-0.25, -0.2) is 4.98 Å². The Morgan fingerprint density at radius 3 is 2.28 bits per heavy atom. The van der Waals surface area contributed by atoms with Gasteiger partial charge in [0.2, 0.25) is 0 Å². The Kier molecular flexibility index (Phi) is 3.26. The molecule has 98 valence electrons. The van der Waals surface area contributed by atoms with Crippen molar-refractivity contribution in [2.24, 2.45) is 14.1 Å². The first-order valence-electron chi connectivity index (χ1n) is 6.13. The summed E-state index contributed by atoms with van der Waals surface area (Å²) >= 11 is 0. The molecule has 0 spiro atoms. The number of aryl methyl sites for hydroxylation is 3. The highest BCUT2D eigenvalue weighted by atomic mass is 15.3. The van der Waals surface area contributed by atoms with Crippen molar-refractivity contribution in [3.8, 4) is 0 Å². The van der Waals surface area contributed by atoms with Gasteiger partial charge in [0, 0.05) is 25.4 Å². The van der Waals surface area contributed by atoms with E-state index in [1.807, 2.05) is 38.9 Å². The van der Waals surface area contributed by atoms with Crippen LogP contribution in [0.4, 0.5) is 0 Å². The van der Waals surface area contributed by atoms with Crippen LogP contribution in [0.5, 0.6) is 0 Å². The summed E-state index contributed by atoms with van der Waals surface area (Å²) in [5, 5.41) is 7.86. The van der Waals surface area contributed by atoms with Gasteiger partial charge >= 0.3 is 0 Å². The Morgan fingerprint density at radius 1 is 1.22 bits per heavy atom. The third kappa shape index (κ3) is 1.84. The maximum absolute atomic E-state index is 4.49. The van der Waals surface area contributed by atoms with Gasteiger partial charge in [-0.15, -0.1) is 0 Å². The van der Waals surface area contributed by atoms with Crippen LogP contribution in [0.1, 0.15) is 34.5 Å². The smallest absolute Gasteiger partial charge is 0.105 e. The molecule has 0 aromatic carbocycles. The third-order valence-electron chi connectivity index (χ3n) is 3.69. The van der Waals surface area contributed by atoms with E-state index in [2.05, 4.69) is 33.8 Å². The first kappa shape index (κ1) is 12.8. The molecule has 0 saturated heterocycles. The standard InChI is InChI=1S/C13H21N5/c1-8-12(9(2)18(6)16-8)13(14-4)11-7-15-10(3)17(11)5/h7,13-14H,1-6H3. The summed E-state index contributed by atoms with van der Waals surface area (Å²) in [6.45, 7) is 6.16. The second-order valence-corrected chi connectivity index (χ2v) is 4.72. The van der Waals surface area contributed by atoms with E-state index < -0.39 is 0 Å². The first-order valence-corrected chi connectivity index (χ1v) is 6.13. The number of nitrogens with zero attached hydrogens (tertiary/aromatic N) is 4. The number of rotatable bonds is 3. The lowest BCUT2D eigenvalue weighted by molar-refractivity contribution is 0.625.